The molecular weight excluding hydrogens is 417 g/mol. The molecule has 0 aliphatic carbocycles. The lowest BCUT2D eigenvalue weighted by atomic mass is 9.89. The highest BCUT2D eigenvalue weighted by atomic mass is 19.1. The third-order valence-corrected chi connectivity index (χ3v) is 5.84. The second kappa shape index (κ2) is 10.2. The van der Waals surface area contributed by atoms with Crippen LogP contribution in [0.1, 0.15) is 30.9 Å². The average Bonchev–Trinajstić information content (AvgIpc) is 2.79. The molecule has 2 aromatic carbocycles. The second-order valence-electron chi connectivity index (χ2n) is 7.73. The van der Waals surface area contributed by atoms with E-state index in [2.05, 4.69) is 5.32 Å². The van der Waals surface area contributed by atoms with Crippen LogP contribution >= 0.6 is 0 Å². The number of methoxy groups -OCH3 is 2. The molecule has 0 saturated carbocycles. The molecule has 0 radical (unpaired) electrons. The van der Waals surface area contributed by atoms with Gasteiger partial charge in [-0.3, -0.25) is 0 Å². The van der Waals surface area contributed by atoms with E-state index in [-0.39, 0.29) is 12.4 Å². The minimum atomic E-state index is -1.11. The fourth-order valence-corrected chi connectivity index (χ4v) is 4.01. The monoisotopic (exact) mass is 447 g/mol. The predicted molar refractivity (Wildman–Crippen MR) is 119 cm³/mol. The van der Waals surface area contributed by atoms with Gasteiger partial charge >= 0.3 is 5.97 Å². The van der Waals surface area contributed by atoms with Crippen molar-refractivity contribution in [3.63, 3.8) is 0 Å². The van der Waals surface area contributed by atoms with E-state index in [4.69, 9.17) is 18.9 Å². The normalized spacial score (nSPS) is 15.3. The first-order chi connectivity index (χ1) is 15.4. The third kappa shape index (κ3) is 4.66. The maximum atomic E-state index is 15.3. The molecule has 1 heterocycles. The first-order valence-electron chi connectivity index (χ1n) is 10.6. The van der Waals surface area contributed by atoms with E-state index in [0.29, 0.717) is 60.8 Å². The summed E-state index contributed by atoms with van der Waals surface area (Å²) in [5.74, 6) is -0.781. The molecule has 3 rings (SSSR count). The van der Waals surface area contributed by atoms with Crippen molar-refractivity contribution in [2.45, 2.75) is 38.8 Å². The van der Waals surface area contributed by atoms with Gasteiger partial charge in [0.25, 0.3) is 0 Å². The zero-order chi connectivity index (χ0) is 23.3. The summed E-state index contributed by atoms with van der Waals surface area (Å²) in [5, 5.41) is 13.0. The molecule has 0 aromatic heterocycles. The molecule has 7 nitrogen and oxygen atoms in total. The SMILES string of the molecule is CCOCc1cc(NC2(C(=O)O)CCOCC2)ccc1-c1cc(OC)c(C)c(OC)c1F. The maximum absolute atomic E-state index is 15.3. The third-order valence-electron chi connectivity index (χ3n) is 5.84. The number of rotatable bonds is 9. The van der Waals surface area contributed by atoms with E-state index in [1.807, 2.05) is 13.0 Å². The Morgan fingerprint density at radius 1 is 1.19 bits per heavy atom. The number of carboxylic acids is 1. The fourth-order valence-electron chi connectivity index (χ4n) is 4.01. The van der Waals surface area contributed by atoms with Gasteiger partial charge in [0.1, 0.15) is 11.3 Å². The Kier molecular flexibility index (Phi) is 7.58. The number of benzene rings is 2. The Bertz CT molecular complexity index is 971. The summed E-state index contributed by atoms with van der Waals surface area (Å²) >= 11 is 0. The number of anilines is 1. The first kappa shape index (κ1) is 23.8. The van der Waals surface area contributed by atoms with Gasteiger partial charge in [-0.1, -0.05) is 6.07 Å². The smallest absolute Gasteiger partial charge is 0.329 e. The van der Waals surface area contributed by atoms with E-state index >= 15 is 4.39 Å². The molecule has 0 bridgehead atoms. The van der Waals surface area contributed by atoms with E-state index in [1.54, 1.807) is 25.1 Å². The van der Waals surface area contributed by atoms with Crippen molar-refractivity contribution in [3.05, 3.63) is 41.2 Å². The van der Waals surface area contributed by atoms with Gasteiger partial charge in [0, 0.05) is 49.5 Å². The summed E-state index contributed by atoms with van der Waals surface area (Å²) in [6, 6.07) is 6.97. The molecule has 0 atom stereocenters. The van der Waals surface area contributed by atoms with Gasteiger partial charge in [0.15, 0.2) is 11.6 Å². The highest BCUT2D eigenvalue weighted by Crippen LogP contribution is 2.40. The number of halogens is 1. The quantitative estimate of drug-likeness (QED) is 0.589. The van der Waals surface area contributed by atoms with E-state index in [9.17, 15) is 9.90 Å². The van der Waals surface area contributed by atoms with Crippen molar-refractivity contribution < 1.29 is 33.2 Å². The molecular formula is C24H30FNO6. The topological polar surface area (TPSA) is 86.3 Å². The second-order valence-corrected chi connectivity index (χ2v) is 7.73. The van der Waals surface area contributed by atoms with Crippen LogP contribution in [-0.2, 0) is 20.9 Å². The van der Waals surface area contributed by atoms with Crippen LogP contribution in [0.25, 0.3) is 11.1 Å². The van der Waals surface area contributed by atoms with Crippen LogP contribution in [0.15, 0.2) is 24.3 Å². The van der Waals surface area contributed by atoms with Gasteiger partial charge in [-0.25, -0.2) is 9.18 Å². The van der Waals surface area contributed by atoms with Crippen molar-refractivity contribution in [3.8, 4) is 22.6 Å². The van der Waals surface area contributed by atoms with Crippen LogP contribution in [0.5, 0.6) is 11.5 Å². The van der Waals surface area contributed by atoms with Crippen molar-refractivity contribution >= 4 is 11.7 Å². The molecule has 1 aliphatic rings. The lowest BCUT2D eigenvalue weighted by Crippen LogP contribution is -2.50. The first-order valence-corrected chi connectivity index (χ1v) is 10.6. The van der Waals surface area contributed by atoms with Gasteiger partial charge in [0.05, 0.1) is 20.8 Å². The standard InChI is InChI=1S/C24H30FNO6/c1-5-31-14-16-12-17(26-24(23(27)28)8-10-32-11-9-24)6-7-18(16)19-13-20(29-3)15(2)22(30-4)21(19)25/h6-7,12-13,26H,5,8-11,14H2,1-4H3,(H,27,28). The zero-order valence-corrected chi connectivity index (χ0v) is 18.9. The van der Waals surface area contributed by atoms with E-state index in [0.717, 1.165) is 5.56 Å². The Hall–Kier alpha value is -2.84. The average molecular weight is 448 g/mol. The van der Waals surface area contributed by atoms with Crippen molar-refractivity contribution in [2.75, 3.05) is 39.4 Å². The number of carbonyl (C=O) groups is 1. The van der Waals surface area contributed by atoms with Gasteiger partial charge < -0.3 is 29.4 Å². The molecule has 1 aliphatic heterocycles. The number of ether oxygens (including phenoxy) is 4. The molecule has 8 heteroatoms. The van der Waals surface area contributed by atoms with Crippen molar-refractivity contribution in [1.29, 1.82) is 0 Å². The lowest BCUT2D eigenvalue weighted by molar-refractivity contribution is -0.145. The van der Waals surface area contributed by atoms with Crippen molar-refractivity contribution in [1.82, 2.24) is 0 Å². The summed E-state index contributed by atoms with van der Waals surface area (Å²) in [6.07, 6.45) is 0.706. The minimum absolute atomic E-state index is 0.121. The Labute approximate surface area is 187 Å². The maximum Gasteiger partial charge on any atom is 0.329 e. The predicted octanol–water partition coefficient (Wildman–Crippen LogP) is 4.40. The van der Waals surface area contributed by atoms with Gasteiger partial charge in [-0.05, 0) is 43.2 Å². The summed E-state index contributed by atoms with van der Waals surface area (Å²) in [5.41, 5.74) is 1.75. The summed E-state index contributed by atoms with van der Waals surface area (Å²) in [7, 11) is 2.94. The number of nitrogens with one attached hydrogen (secondary N) is 1. The zero-order valence-electron chi connectivity index (χ0n) is 18.9. The fraction of sp³-hybridized carbons (Fsp3) is 0.458. The molecule has 0 spiro atoms. The lowest BCUT2D eigenvalue weighted by Gasteiger charge is -2.35. The molecule has 174 valence electrons. The molecule has 2 N–H and O–H groups in total. The Morgan fingerprint density at radius 2 is 1.91 bits per heavy atom. The highest BCUT2D eigenvalue weighted by molar-refractivity contribution is 5.83. The van der Waals surface area contributed by atoms with Crippen LogP contribution in [-0.4, -0.2) is 50.7 Å². The van der Waals surface area contributed by atoms with E-state index < -0.39 is 17.3 Å². The molecule has 32 heavy (non-hydrogen) atoms. The van der Waals surface area contributed by atoms with Gasteiger partial charge in [-0.15, -0.1) is 0 Å². The summed E-state index contributed by atoms with van der Waals surface area (Å²) < 4.78 is 37.0. The molecule has 2 aromatic rings. The molecule has 0 unspecified atom stereocenters. The van der Waals surface area contributed by atoms with Crippen LogP contribution < -0.4 is 14.8 Å². The van der Waals surface area contributed by atoms with Crippen molar-refractivity contribution in [2.24, 2.45) is 0 Å². The van der Waals surface area contributed by atoms with E-state index in [1.165, 1.54) is 14.2 Å². The number of aliphatic carboxylic acids is 1. The minimum Gasteiger partial charge on any atom is -0.496 e. The van der Waals surface area contributed by atoms with Gasteiger partial charge in [0.2, 0.25) is 0 Å². The molecule has 1 saturated heterocycles. The number of hydrogen-bond donors (Lipinski definition) is 2. The molecule has 1 fully saturated rings. The summed E-state index contributed by atoms with van der Waals surface area (Å²) in [4.78, 5) is 12.0. The highest BCUT2D eigenvalue weighted by Gasteiger charge is 2.40. The number of carboxylic acid groups (broad SMARTS) is 1. The van der Waals surface area contributed by atoms with Crippen LogP contribution in [0.4, 0.5) is 10.1 Å². The van der Waals surface area contributed by atoms with Crippen LogP contribution in [0, 0.1) is 12.7 Å². The number of hydrogen-bond acceptors (Lipinski definition) is 6. The Balaban J connectivity index is 2.07. The van der Waals surface area contributed by atoms with Crippen LogP contribution in [0.2, 0.25) is 0 Å². The Morgan fingerprint density at radius 3 is 2.50 bits per heavy atom. The molecule has 0 amide bonds. The van der Waals surface area contributed by atoms with Crippen LogP contribution in [0.3, 0.4) is 0 Å². The van der Waals surface area contributed by atoms with Gasteiger partial charge in [-0.2, -0.15) is 0 Å². The summed E-state index contributed by atoms with van der Waals surface area (Å²) in [6.45, 7) is 5.08. The largest absolute Gasteiger partial charge is 0.496 e.